The highest BCUT2D eigenvalue weighted by Crippen LogP contribution is 2.40. The smallest absolute Gasteiger partial charge is 0.0547 e. The van der Waals surface area contributed by atoms with E-state index < -0.39 is 0 Å². The van der Waals surface area contributed by atoms with E-state index in [0.717, 1.165) is 0 Å². The molecule has 0 atom stereocenters. The van der Waals surface area contributed by atoms with Crippen molar-refractivity contribution in [3.63, 3.8) is 0 Å². The Morgan fingerprint density at radius 3 is 1.72 bits per heavy atom. The zero-order valence-electron chi connectivity index (χ0n) is 21.4. The number of nitrogens with zero attached hydrogens (tertiary/aromatic N) is 1. The first-order valence-electron chi connectivity index (χ1n) is 13.5. The summed E-state index contributed by atoms with van der Waals surface area (Å²) in [6.07, 6.45) is 0. The molecule has 0 amide bonds. The Hall–Kier alpha value is -5.14. The standard InChI is InChI=1S/C38H25N/c1-3-11-26(12-4-1)30-22-23-31(34-16-8-7-15-33(30)34)27-19-21-32-28(25-27)20-24-37-38(32)35-17-9-10-18-36(35)39(37)29-13-5-2-6-14-29/h1-25H. The highest BCUT2D eigenvalue weighted by molar-refractivity contribution is 6.22. The summed E-state index contributed by atoms with van der Waals surface area (Å²) in [4.78, 5) is 0. The van der Waals surface area contributed by atoms with Crippen molar-refractivity contribution in [3.05, 3.63) is 152 Å². The molecule has 0 bridgehead atoms. The van der Waals surface area contributed by atoms with Crippen LogP contribution in [0, 0.1) is 0 Å². The summed E-state index contributed by atoms with van der Waals surface area (Å²) in [6.45, 7) is 0. The molecule has 0 radical (unpaired) electrons. The van der Waals surface area contributed by atoms with Crippen LogP contribution in [-0.2, 0) is 0 Å². The Morgan fingerprint density at radius 2 is 0.974 bits per heavy atom. The van der Waals surface area contributed by atoms with Crippen molar-refractivity contribution in [2.75, 3.05) is 0 Å². The van der Waals surface area contributed by atoms with E-state index in [4.69, 9.17) is 0 Å². The third-order valence-electron chi connectivity index (χ3n) is 7.99. The van der Waals surface area contributed by atoms with Crippen molar-refractivity contribution in [3.8, 4) is 27.9 Å². The summed E-state index contributed by atoms with van der Waals surface area (Å²) in [5.41, 5.74) is 8.67. The summed E-state index contributed by atoms with van der Waals surface area (Å²) in [5.74, 6) is 0. The van der Waals surface area contributed by atoms with E-state index >= 15 is 0 Å². The zero-order valence-corrected chi connectivity index (χ0v) is 21.4. The maximum Gasteiger partial charge on any atom is 0.0547 e. The molecule has 7 aromatic carbocycles. The number of hydrogen-bond donors (Lipinski definition) is 0. The molecule has 1 nitrogen and oxygen atoms in total. The Morgan fingerprint density at radius 1 is 0.359 bits per heavy atom. The first-order chi connectivity index (χ1) is 19.4. The second kappa shape index (κ2) is 8.72. The molecule has 0 aliphatic heterocycles. The van der Waals surface area contributed by atoms with E-state index in [1.54, 1.807) is 0 Å². The third-order valence-corrected chi connectivity index (χ3v) is 7.99. The largest absolute Gasteiger partial charge is 0.309 e. The second-order valence-corrected chi connectivity index (χ2v) is 10.2. The predicted octanol–water partition coefficient (Wildman–Crippen LogP) is 10.4. The minimum atomic E-state index is 1.18. The number of para-hydroxylation sites is 2. The minimum absolute atomic E-state index is 1.18. The van der Waals surface area contributed by atoms with Gasteiger partial charge in [-0.15, -0.1) is 0 Å². The minimum Gasteiger partial charge on any atom is -0.309 e. The summed E-state index contributed by atoms with van der Waals surface area (Å²) in [5, 5.41) is 7.69. The van der Waals surface area contributed by atoms with Crippen LogP contribution in [0.2, 0.25) is 0 Å². The van der Waals surface area contributed by atoms with Gasteiger partial charge in [0, 0.05) is 16.5 Å². The van der Waals surface area contributed by atoms with Crippen LogP contribution in [0.4, 0.5) is 0 Å². The van der Waals surface area contributed by atoms with Gasteiger partial charge in [0.15, 0.2) is 0 Å². The number of benzene rings is 7. The normalized spacial score (nSPS) is 11.6. The lowest BCUT2D eigenvalue weighted by molar-refractivity contribution is 1.18. The fraction of sp³-hybridized carbons (Fsp3) is 0. The maximum absolute atomic E-state index is 2.38. The lowest BCUT2D eigenvalue weighted by Crippen LogP contribution is -1.92. The van der Waals surface area contributed by atoms with E-state index in [-0.39, 0.29) is 0 Å². The quantitative estimate of drug-likeness (QED) is 0.230. The van der Waals surface area contributed by atoms with Gasteiger partial charge in [-0.25, -0.2) is 0 Å². The fourth-order valence-corrected chi connectivity index (χ4v) is 6.24. The van der Waals surface area contributed by atoms with E-state index in [1.807, 2.05) is 0 Å². The molecule has 1 aromatic heterocycles. The molecule has 182 valence electrons. The van der Waals surface area contributed by atoms with Gasteiger partial charge in [0.05, 0.1) is 11.0 Å². The van der Waals surface area contributed by atoms with Crippen LogP contribution in [0.3, 0.4) is 0 Å². The number of hydrogen-bond acceptors (Lipinski definition) is 0. The first kappa shape index (κ1) is 21.9. The fourth-order valence-electron chi connectivity index (χ4n) is 6.24. The second-order valence-electron chi connectivity index (χ2n) is 10.2. The van der Waals surface area contributed by atoms with Gasteiger partial charge in [-0.05, 0) is 74.1 Å². The van der Waals surface area contributed by atoms with Crippen LogP contribution in [0.15, 0.2) is 152 Å². The van der Waals surface area contributed by atoms with Crippen LogP contribution in [0.1, 0.15) is 0 Å². The number of rotatable bonds is 3. The molecule has 0 unspecified atom stereocenters. The predicted molar refractivity (Wildman–Crippen MR) is 167 cm³/mol. The van der Waals surface area contributed by atoms with E-state index in [0.29, 0.717) is 0 Å². The van der Waals surface area contributed by atoms with Crippen molar-refractivity contribution in [2.24, 2.45) is 0 Å². The molecule has 1 heterocycles. The average Bonchev–Trinajstić information content (AvgIpc) is 3.36. The number of aromatic nitrogens is 1. The van der Waals surface area contributed by atoms with Crippen molar-refractivity contribution >= 4 is 43.4 Å². The molecule has 1 heteroatoms. The van der Waals surface area contributed by atoms with Crippen molar-refractivity contribution in [1.82, 2.24) is 4.57 Å². The van der Waals surface area contributed by atoms with Gasteiger partial charge in [0.25, 0.3) is 0 Å². The Balaban J connectivity index is 1.36. The molecule has 8 aromatic rings. The maximum atomic E-state index is 2.38. The van der Waals surface area contributed by atoms with Crippen LogP contribution in [0.5, 0.6) is 0 Å². The van der Waals surface area contributed by atoms with Gasteiger partial charge in [-0.1, -0.05) is 121 Å². The molecular weight excluding hydrogens is 470 g/mol. The van der Waals surface area contributed by atoms with E-state index in [2.05, 4.69) is 156 Å². The highest BCUT2D eigenvalue weighted by Gasteiger charge is 2.15. The average molecular weight is 496 g/mol. The van der Waals surface area contributed by atoms with Crippen molar-refractivity contribution < 1.29 is 0 Å². The summed E-state index contributed by atoms with van der Waals surface area (Å²) < 4.78 is 2.38. The first-order valence-corrected chi connectivity index (χ1v) is 13.5. The molecular formula is C38H25N. The van der Waals surface area contributed by atoms with Crippen LogP contribution >= 0.6 is 0 Å². The molecule has 0 saturated heterocycles. The van der Waals surface area contributed by atoms with Gasteiger partial charge in [-0.2, -0.15) is 0 Å². The molecule has 0 aliphatic carbocycles. The Bertz CT molecular complexity index is 2150. The summed E-state index contributed by atoms with van der Waals surface area (Å²) in [6, 6.07) is 54.9. The summed E-state index contributed by atoms with van der Waals surface area (Å²) >= 11 is 0. The molecule has 39 heavy (non-hydrogen) atoms. The highest BCUT2D eigenvalue weighted by atomic mass is 15.0. The molecule has 0 fully saturated rings. The van der Waals surface area contributed by atoms with Crippen LogP contribution in [-0.4, -0.2) is 4.57 Å². The van der Waals surface area contributed by atoms with Gasteiger partial charge >= 0.3 is 0 Å². The van der Waals surface area contributed by atoms with E-state index in [9.17, 15) is 0 Å². The number of fused-ring (bicyclic) bond motifs is 6. The van der Waals surface area contributed by atoms with E-state index in [1.165, 1.54) is 71.3 Å². The van der Waals surface area contributed by atoms with Gasteiger partial charge in [0.1, 0.15) is 0 Å². The lowest BCUT2D eigenvalue weighted by atomic mass is 9.91. The SMILES string of the molecule is c1ccc(-c2ccc(-c3ccc4c(ccc5c4c4ccccc4n5-c4ccccc4)c3)c3ccccc23)cc1. The van der Waals surface area contributed by atoms with Crippen molar-refractivity contribution in [2.45, 2.75) is 0 Å². The Kier molecular flexibility index (Phi) is 4.89. The van der Waals surface area contributed by atoms with Crippen molar-refractivity contribution in [1.29, 1.82) is 0 Å². The van der Waals surface area contributed by atoms with Gasteiger partial charge < -0.3 is 4.57 Å². The van der Waals surface area contributed by atoms with Gasteiger partial charge in [0.2, 0.25) is 0 Å². The van der Waals surface area contributed by atoms with Gasteiger partial charge in [-0.3, -0.25) is 0 Å². The molecule has 0 saturated carbocycles. The third kappa shape index (κ3) is 3.41. The molecule has 0 aliphatic rings. The molecule has 0 N–H and O–H groups in total. The monoisotopic (exact) mass is 495 g/mol. The lowest BCUT2D eigenvalue weighted by Gasteiger charge is -2.13. The van der Waals surface area contributed by atoms with Crippen LogP contribution in [0.25, 0.3) is 71.3 Å². The summed E-state index contributed by atoms with van der Waals surface area (Å²) in [7, 11) is 0. The Labute approximate surface area is 227 Å². The molecule has 8 rings (SSSR count). The van der Waals surface area contributed by atoms with Crippen LogP contribution < -0.4 is 0 Å². The topological polar surface area (TPSA) is 4.93 Å². The molecule has 0 spiro atoms. The zero-order chi connectivity index (χ0) is 25.8.